The fraction of sp³-hybridized carbons (Fsp3) is 0.235. The number of benzene rings is 8. The molecule has 0 radical (unpaired) electrons. The molecule has 14 nitrogen and oxygen atoms in total. The first kappa shape index (κ1) is 64.7. The maximum atomic E-state index is 14.3. The number of ether oxygens (including phenoxy) is 3. The largest absolute Gasteiger partial charge is 0.465 e. The van der Waals surface area contributed by atoms with Gasteiger partial charge in [-0.2, -0.15) is 0 Å². The number of amides is 2. The highest BCUT2D eigenvalue weighted by Gasteiger charge is 2.34. The minimum atomic E-state index is -1.05. The lowest BCUT2D eigenvalue weighted by atomic mass is 9.91. The summed E-state index contributed by atoms with van der Waals surface area (Å²) in [5.74, 6) is -1.46. The fourth-order valence-corrected chi connectivity index (χ4v) is 12.7. The maximum Gasteiger partial charge on any atom is 0.306 e. The number of nitrogens with zero attached hydrogens (tertiary/aromatic N) is 2. The van der Waals surface area contributed by atoms with Crippen molar-refractivity contribution < 1.29 is 33.4 Å². The summed E-state index contributed by atoms with van der Waals surface area (Å²) in [5.41, 5.74) is 22.6. The third-order valence-corrected chi connectivity index (χ3v) is 17.9. The Morgan fingerprint density at radius 1 is 0.505 bits per heavy atom. The SMILES string of the molecule is CC(C)(N)C(=O)C[C@H](COCc1ccccc1)C(=O)N[C@H](CC1=CCc2ccccc21)c1ncc(-c2ccccc2)[nH]1.O=C(C[C@H](COCc1ccccc1)C(=O)N[C@H](CC1=CCc2ccccc21)c1ncc(-c2ccccc2)[nH]1)OCC1c2ccccc2-c2ccccc21. The highest BCUT2D eigenvalue weighted by atomic mass is 16.5. The highest BCUT2D eigenvalue weighted by Crippen LogP contribution is 2.45. The molecule has 10 aromatic rings. The summed E-state index contributed by atoms with van der Waals surface area (Å²) in [6.45, 7) is 4.32. The Balaban J connectivity index is 0.000000187. The standard InChI is InChI=1S/C46H41N3O4.C35H38N4O3/c50-44(53-30-41-39-21-11-9-19-37(39)38-20-10-12-22-40(38)41)26-35(29-52-28-31-13-3-1-4-14-31)46(51)49-42(25-34-24-23-32-15-7-8-18-36(32)34)45-47-27-43(48-45)33-16-5-2-6-17-33;1-35(2,36)32(40)20-28(23-42-22-24-11-5-3-6-12-24)34(41)39-30(19-27-18-17-25-13-9-10-16-29(25)27)33-37-21-31(38-33)26-14-7-4-8-15-26/h1-22,24,27,35,41-42H,23,25-26,28-30H2,(H,47,48)(H,49,51);3-16,18,21,28,30H,17,19-20,22-23,36H2,1-2H3,(H,37,38)(H,39,41)/t35-,42-;28-,30-/m11/s1. The number of aromatic nitrogens is 4. The third-order valence-electron chi connectivity index (χ3n) is 17.9. The van der Waals surface area contributed by atoms with E-state index in [9.17, 15) is 19.2 Å². The van der Waals surface area contributed by atoms with E-state index in [4.69, 9.17) is 24.9 Å². The predicted octanol–water partition coefficient (Wildman–Crippen LogP) is 14.6. The van der Waals surface area contributed by atoms with Crippen LogP contribution in [0.1, 0.15) is 114 Å². The second kappa shape index (κ2) is 30.6. The number of H-pyrrole nitrogens is 2. The molecule has 0 aliphatic heterocycles. The lowest BCUT2D eigenvalue weighted by Crippen LogP contribution is -2.45. The molecule has 480 valence electrons. The number of nitrogens with two attached hydrogens (primary N) is 1. The van der Waals surface area contributed by atoms with Crippen LogP contribution in [-0.4, -0.2) is 68.9 Å². The highest BCUT2D eigenvalue weighted by molar-refractivity contribution is 5.92. The van der Waals surface area contributed by atoms with E-state index in [0.29, 0.717) is 37.7 Å². The van der Waals surface area contributed by atoms with Gasteiger partial charge in [0.05, 0.1) is 86.1 Å². The first-order valence-electron chi connectivity index (χ1n) is 32.6. The van der Waals surface area contributed by atoms with Crippen LogP contribution in [0.2, 0.25) is 0 Å². The average molecular weight is 1260 g/mol. The van der Waals surface area contributed by atoms with Crippen LogP contribution in [0.5, 0.6) is 0 Å². The lowest BCUT2D eigenvalue weighted by Gasteiger charge is -2.24. The molecule has 6 N–H and O–H groups in total. The Labute approximate surface area is 555 Å². The number of ketones is 1. The number of esters is 1. The molecule has 95 heavy (non-hydrogen) atoms. The van der Waals surface area contributed by atoms with Crippen LogP contribution in [-0.2, 0) is 59.4 Å². The number of Topliss-reactive ketones (excluding diaryl/α,β-unsaturated/α-hetero) is 1. The van der Waals surface area contributed by atoms with Crippen LogP contribution in [0.4, 0.5) is 0 Å². The number of carbonyl (C=O) groups is 4. The molecule has 0 saturated carbocycles. The number of carbonyl (C=O) groups excluding carboxylic acids is 4. The number of allylic oxidation sites excluding steroid dienone is 2. The summed E-state index contributed by atoms with van der Waals surface area (Å²) in [5, 5.41) is 6.49. The van der Waals surface area contributed by atoms with Gasteiger partial charge in [0.2, 0.25) is 11.8 Å². The van der Waals surface area contributed by atoms with Gasteiger partial charge in [0, 0.05) is 25.2 Å². The van der Waals surface area contributed by atoms with Crippen molar-refractivity contribution in [3.63, 3.8) is 0 Å². The Morgan fingerprint density at radius 2 is 0.895 bits per heavy atom. The van der Waals surface area contributed by atoms with Crippen molar-refractivity contribution in [1.82, 2.24) is 30.6 Å². The van der Waals surface area contributed by atoms with E-state index in [1.807, 2.05) is 164 Å². The van der Waals surface area contributed by atoms with Crippen molar-refractivity contribution in [3.8, 4) is 33.6 Å². The molecule has 0 unspecified atom stereocenters. The summed E-state index contributed by atoms with van der Waals surface area (Å²) in [6, 6.07) is 71.8. The number of hydrogen-bond donors (Lipinski definition) is 5. The molecule has 14 heteroatoms. The minimum absolute atomic E-state index is 0.0181. The van der Waals surface area contributed by atoms with Crippen LogP contribution in [0.25, 0.3) is 44.8 Å². The first-order chi connectivity index (χ1) is 46.4. The van der Waals surface area contributed by atoms with Gasteiger partial charge in [-0.25, -0.2) is 9.97 Å². The first-order valence-corrected chi connectivity index (χ1v) is 32.6. The number of aromatic amines is 2. The molecule has 2 aromatic heterocycles. The van der Waals surface area contributed by atoms with Crippen LogP contribution in [0, 0.1) is 11.8 Å². The summed E-state index contributed by atoms with van der Waals surface area (Å²) in [7, 11) is 0. The topological polar surface area (TPSA) is 203 Å². The normalized spacial score (nSPS) is 14.1. The smallest absolute Gasteiger partial charge is 0.306 e. The Bertz CT molecular complexity index is 4280. The Kier molecular flexibility index (Phi) is 20.8. The molecule has 8 aromatic carbocycles. The van der Waals surface area contributed by atoms with E-state index < -0.39 is 35.4 Å². The van der Waals surface area contributed by atoms with Gasteiger partial charge in [-0.05, 0) is 105 Å². The van der Waals surface area contributed by atoms with Gasteiger partial charge in [-0.15, -0.1) is 0 Å². The number of imidazole rings is 2. The van der Waals surface area contributed by atoms with Crippen LogP contribution in [0.3, 0.4) is 0 Å². The van der Waals surface area contributed by atoms with Gasteiger partial charge in [0.1, 0.15) is 18.3 Å². The van der Waals surface area contributed by atoms with E-state index in [1.165, 1.54) is 22.3 Å². The second-order valence-electron chi connectivity index (χ2n) is 25.2. The molecule has 13 rings (SSSR count). The molecule has 4 atom stereocenters. The number of nitrogens with one attached hydrogen (secondary N) is 4. The van der Waals surface area contributed by atoms with Gasteiger partial charge in [0.15, 0.2) is 5.78 Å². The van der Waals surface area contributed by atoms with Crippen molar-refractivity contribution in [2.24, 2.45) is 17.6 Å². The molecule has 0 saturated heterocycles. The van der Waals surface area contributed by atoms with Crippen molar-refractivity contribution in [2.45, 2.75) is 89.1 Å². The quantitative estimate of drug-likeness (QED) is 0.0308. The molecule has 0 fully saturated rings. The maximum absolute atomic E-state index is 14.3. The minimum Gasteiger partial charge on any atom is -0.465 e. The van der Waals surface area contributed by atoms with Gasteiger partial charge in [-0.1, -0.05) is 231 Å². The summed E-state index contributed by atoms with van der Waals surface area (Å²) < 4.78 is 18.0. The second-order valence-corrected chi connectivity index (χ2v) is 25.2. The molecule has 2 amide bonds. The Hall–Kier alpha value is -10.4. The Morgan fingerprint density at radius 3 is 1.34 bits per heavy atom. The predicted molar refractivity (Wildman–Crippen MR) is 372 cm³/mol. The lowest BCUT2D eigenvalue weighted by molar-refractivity contribution is -0.148. The van der Waals surface area contributed by atoms with Gasteiger partial charge >= 0.3 is 5.97 Å². The number of hydrogen-bond acceptors (Lipinski definition) is 10. The number of fused-ring (bicyclic) bond motifs is 5. The number of rotatable bonds is 27. The zero-order valence-electron chi connectivity index (χ0n) is 53.6. The molecular formula is C81H79N7O7. The van der Waals surface area contributed by atoms with Gasteiger partial charge in [-0.3, -0.25) is 19.2 Å². The molecule has 2 heterocycles. The van der Waals surface area contributed by atoms with Crippen molar-refractivity contribution in [3.05, 3.63) is 299 Å². The molecule has 3 aliphatic carbocycles. The van der Waals surface area contributed by atoms with E-state index in [-0.39, 0.29) is 56.2 Å². The van der Waals surface area contributed by atoms with Crippen molar-refractivity contribution in [1.29, 1.82) is 0 Å². The fourth-order valence-electron chi connectivity index (χ4n) is 12.7. The van der Waals surface area contributed by atoms with Gasteiger partial charge in [0.25, 0.3) is 0 Å². The summed E-state index contributed by atoms with van der Waals surface area (Å²) in [4.78, 5) is 71.1. The molecule has 0 bridgehead atoms. The van der Waals surface area contributed by atoms with Crippen LogP contribution < -0.4 is 16.4 Å². The van der Waals surface area contributed by atoms with E-state index in [2.05, 4.69) is 92.3 Å². The zero-order valence-corrected chi connectivity index (χ0v) is 53.6. The van der Waals surface area contributed by atoms with Gasteiger partial charge < -0.3 is 40.5 Å². The van der Waals surface area contributed by atoms with E-state index in [1.54, 1.807) is 26.2 Å². The van der Waals surface area contributed by atoms with E-state index >= 15 is 0 Å². The third kappa shape index (κ3) is 16.3. The van der Waals surface area contributed by atoms with E-state index in [0.717, 1.165) is 79.9 Å². The summed E-state index contributed by atoms with van der Waals surface area (Å²) >= 11 is 0. The molecular weight excluding hydrogens is 1180 g/mol. The van der Waals surface area contributed by atoms with Crippen molar-refractivity contribution >= 4 is 34.7 Å². The van der Waals surface area contributed by atoms with Crippen LogP contribution in [0.15, 0.2) is 243 Å². The van der Waals surface area contributed by atoms with Crippen LogP contribution >= 0.6 is 0 Å². The molecule has 3 aliphatic rings. The van der Waals surface area contributed by atoms with Crippen molar-refractivity contribution in [2.75, 3.05) is 19.8 Å². The monoisotopic (exact) mass is 1260 g/mol. The average Bonchev–Trinajstić information content (AvgIpc) is 1.63. The molecule has 0 spiro atoms. The summed E-state index contributed by atoms with van der Waals surface area (Å²) in [6.07, 6.45) is 10.7. The zero-order chi connectivity index (χ0) is 65.5.